The van der Waals surface area contributed by atoms with Crippen LogP contribution in [0, 0.1) is 5.82 Å². The molecule has 114 valence electrons. The molecule has 0 aliphatic rings. The van der Waals surface area contributed by atoms with Gasteiger partial charge in [-0.15, -0.1) is 0 Å². The van der Waals surface area contributed by atoms with E-state index in [2.05, 4.69) is 9.97 Å². The number of rotatable bonds is 5. The molecule has 0 N–H and O–H groups in total. The Labute approximate surface area is 133 Å². The van der Waals surface area contributed by atoms with E-state index in [0.29, 0.717) is 17.7 Å². The second-order valence-electron chi connectivity index (χ2n) is 5.24. The number of hydrogen-bond donors (Lipinski definition) is 0. The number of carbonyl (C=O) groups is 1. The van der Waals surface area contributed by atoms with E-state index < -0.39 is 5.92 Å². The van der Waals surface area contributed by atoms with E-state index in [1.807, 2.05) is 18.2 Å². The van der Waals surface area contributed by atoms with E-state index in [-0.39, 0.29) is 11.6 Å². The number of nitrogens with zero attached hydrogens (tertiary/aromatic N) is 2. The van der Waals surface area contributed by atoms with Gasteiger partial charge in [-0.25, -0.2) is 4.39 Å². The molecule has 3 rings (SSSR count). The number of benzene rings is 2. The third kappa shape index (κ3) is 3.66. The van der Waals surface area contributed by atoms with Crippen LogP contribution < -0.4 is 0 Å². The molecular weight excluding hydrogens is 291 g/mol. The molecule has 0 bridgehead atoms. The van der Waals surface area contributed by atoms with Gasteiger partial charge < -0.3 is 0 Å². The number of halogens is 1. The maximum absolute atomic E-state index is 13.1. The zero-order valence-corrected chi connectivity index (χ0v) is 12.4. The fourth-order valence-electron chi connectivity index (χ4n) is 2.48. The fraction of sp³-hybridized carbons (Fsp3) is 0.105. The van der Waals surface area contributed by atoms with Gasteiger partial charge in [0.15, 0.2) is 5.78 Å². The summed E-state index contributed by atoms with van der Waals surface area (Å²) in [5, 5.41) is 0. The highest BCUT2D eigenvalue weighted by atomic mass is 19.1. The molecule has 1 heterocycles. The average molecular weight is 306 g/mol. The van der Waals surface area contributed by atoms with Crippen LogP contribution >= 0.6 is 0 Å². The van der Waals surface area contributed by atoms with E-state index in [4.69, 9.17) is 0 Å². The van der Waals surface area contributed by atoms with Gasteiger partial charge in [0.25, 0.3) is 0 Å². The predicted octanol–water partition coefficient (Wildman–Crippen LogP) is 3.82. The highest BCUT2D eigenvalue weighted by Gasteiger charge is 2.23. The van der Waals surface area contributed by atoms with Crippen LogP contribution in [0.2, 0.25) is 0 Å². The summed E-state index contributed by atoms with van der Waals surface area (Å²) in [4.78, 5) is 21.2. The Kier molecular flexibility index (Phi) is 4.52. The normalized spacial score (nSPS) is 11.9. The van der Waals surface area contributed by atoms with Crippen molar-refractivity contribution >= 4 is 5.78 Å². The first-order valence-electron chi connectivity index (χ1n) is 7.33. The second-order valence-corrected chi connectivity index (χ2v) is 5.24. The monoisotopic (exact) mass is 306 g/mol. The quantitative estimate of drug-likeness (QED) is 0.673. The number of Topliss-reactive ketones (excluding diaryl/α,β-unsaturated/α-hetero) is 1. The van der Waals surface area contributed by atoms with Crippen molar-refractivity contribution < 1.29 is 9.18 Å². The molecule has 0 aliphatic heterocycles. The Morgan fingerprint density at radius 2 is 1.74 bits per heavy atom. The molecule has 0 fully saturated rings. The van der Waals surface area contributed by atoms with Crippen molar-refractivity contribution in [1.29, 1.82) is 0 Å². The first-order chi connectivity index (χ1) is 11.2. The maximum Gasteiger partial charge on any atom is 0.172 e. The molecule has 0 saturated carbocycles. The molecule has 0 radical (unpaired) electrons. The van der Waals surface area contributed by atoms with Gasteiger partial charge in [-0.2, -0.15) is 0 Å². The van der Waals surface area contributed by atoms with Crippen molar-refractivity contribution in [1.82, 2.24) is 9.97 Å². The Morgan fingerprint density at radius 1 is 1.00 bits per heavy atom. The largest absolute Gasteiger partial charge is 0.293 e. The highest BCUT2D eigenvalue weighted by molar-refractivity contribution is 6.00. The van der Waals surface area contributed by atoms with Gasteiger partial charge in [-0.3, -0.25) is 14.8 Å². The Balaban J connectivity index is 1.94. The lowest BCUT2D eigenvalue weighted by molar-refractivity contribution is 0.0957. The summed E-state index contributed by atoms with van der Waals surface area (Å²) in [6, 6.07) is 15.3. The molecule has 0 spiro atoms. The minimum absolute atomic E-state index is 0.0181. The van der Waals surface area contributed by atoms with Gasteiger partial charge in [-0.1, -0.05) is 42.5 Å². The molecule has 0 aliphatic carbocycles. The van der Waals surface area contributed by atoms with E-state index in [1.54, 1.807) is 42.9 Å². The summed E-state index contributed by atoms with van der Waals surface area (Å²) >= 11 is 0. The van der Waals surface area contributed by atoms with Crippen molar-refractivity contribution in [2.75, 3.05) is 0 Å². The van der Waals surface area contributed by atoms with Gasteiger partial charge >= 0.3 is 0 Å². The van der Waals surface area contributed by atoms with Gasteiger partial charge in [0.05, 0.1) is 11.6 Å². The number of aromatic nitrogens is 2. The summed E-state index contributed by atoms with van der Waals surface area (Å²) in [7, 11) is 0. The van der Waals surface area contributed by atoms with Crippen LogP contribution in [0.25, 0.3) is 0 Å². The molecular formula is C19H15FN2O. The number of hydrogen-bond acceptors (Lipinski definition) is 3. The third-order valence-electron chi connectivity index (χ3n) is 3.67. The van der Waals surface area contributed by atoms with E-state index in [0.717, 1.165) is 5.56 Å². The van der Waals surface area contributed by atoms with Crippen molar-refractivity contribution in [3.8, 4) is 0 Å². The van der Waals surface area contributed by atoms with Gasteiger partial charge in [-0.05, 0) is 24.1 Å². The standard InChI is InChI=1S/C19H15FN2O/c20-16-8-6-14(7-9-16)12-17(18-13-21-10-11-22-18)19(23)15-4-2-1-3-5-15/h1-11,13,17H,12H2. The summed E-state index contributed by atoms with van der Waals surface area (Å²) in [6.07, 6.45) is 5.21. The van der Waals surface area contributed by atoms with Crippen LogP contribution in [0.1, 0.15) is 27.5 Å². The lowest BCUT2D eigenvalue weighted by atomic mass is 9.89. The van der Waals surface area contributed by atoms with Gasteiger partial charge in [0, 0.05) is 24.2 Å². The van der Waals surface area contributed by atoms with Crippen LogP contribution in [0.5, 0.6) is 0 Å². The zero-order valence-electron chi connectivity index (χ0n) is 12.4. The smallest absolute Gasteiger partial charge is 0.172 e. The lowest BCUT2D eigenvalue weighted by Crippen LogP contribution is -2.17. The molecule has 3 nitrogen and oxygen atoms in total. The third-order valence-corrected chi connectivity index (χ3v) is 3.67. The van der Waals surface area contributed by atoms with E-state index in [1.165, 1.54) is 12.1 Å². The molecule has 1 aromatic heterocycles. The number of carbonyl (C=O) groups excluding carboxylic acids is 1. The maximum atomic E-state index is 13.1. The van der Waals surface area contributed by atoms with Crippen molar-refractivity contribution in [2.24, 2.45) is 0 Å². The Morgan fingerprint density at radius 3 is 2.39 bits per heavy atom. The summed E-state index contributed by atoms with van der Waals surface area (Å²) in [5.41, 5.74) is 2.13. The van der Waals surface area contributed by atoms with Gasteiger partial charge in [0.2, 0.25) is 0 Å². The summed E-state index contributed by atoms with van der Waals surface area (Å²) < 4.78 is 13.1. The Bertz CT molecular complexity index is 773. The van der Waals surface area contributed by atoms with Crippen LogP contribution in [-0.4, -0.2) is 15.8 Å². The van der Waals surface area contributed by atoms with Crippen molar-refractivity contribution in [2.45, 2.75) is 12.3 Å². The van der Waals surface area contributed by atoms with Crippen LogP contribution in [-0.2, 0) is 6.42 Å². The first-order valence-corrected chi connectivity index (χ1v) is 7.33. The van der Waals surface area contributed by atoms with Crippen LogP contribution in [0.15, 0.2) is 73.2 Å². The van der Waals surface area contributed by atoms with Crippen molar-refractivity contribution in [3.63, 3.8) is 0 Å². The molecule has 1 atom stereocenters. The predicted molar refractivity (Wildman–Crippen MR) is 85.6 cm³/mol. The van der Waals surface area contributed by atoms with Crippen LogP contribution in [0.3, 0.4) is 0 Å². The molecule has 2 aromatic carbocycles. The fourth-order valence-corrected chi connectivity index (χ4v) is 2.48. The SMILES string of the molecule is O=C(c1ccccc1)C(Cc1ccc(F)cc1)c1cnccn1. The molecule has 4 heteroatoms. The summed E-state index contributed by atoms with van der Waals surface area (Å²) in [6.45, 7) is 0. The lowest BCUT2D eigenvalue weighted by Gasteiger charge is -2.15. The number of ketones is 1. The van der Waals surface area contributed by atoms with Gasteiger partial charge in [0.1, 0.15) is 5.82 Å². The first kappa shape index (κ1) is 15.0. The zero-order chi connectivity index (χ0) is 16.1. The van der Waals surface area contributed by atoms with Crippen molar-refractivity contribution in [3.05, 3.63) is 95.8 Å². The summed E-state index contributed by atoms with van der Waals surface area (Å²) in [5.74, 6) is -0.758. The average Bonchev–Trinajstić information content (AvgIpc) is 2.62. The second kappa shape index (κ2) is 6.92. The minimum atomic E-state index is -0.448. The van der Waals surface area contributed by atoms with E-state index >= 15 is 0 Å². The molecule has 0 amide bonds. The van der Waals surface area contributed by atoms with E-state index in [9.17, 15) is 9.18 Å². The minimum Gasteiger partial charge on any atom is -0.293 e. The Hall–Kier alpha value is -2.88. The molecule has 23 heavy (non-hydrogen) atoms. The highest BCUT2D eigenvalue weighted by Crippen LogP contribution is 2.23. The van der Waals surface area contributed by atoms with Crippen LogP contribution in [0.4, 0.5) is 4.39 Å². The molecule has 3 aromatic rings. The molecule has 0 saturated heterocycles. The topological polar surface area (TPSA) is 42.9 Å². The molecule has 1 unspecified atom stereocenters.